The van der Waals surface area contributed by atoms with Gasteiger partial charge in [-0.3, -0.25) is 10.1 Å². The van der Waals surface area contributed by atoms with Crippen LogP contribution in [-0.4, -0.2) is 16.5 Å². The molecule has 1 N–H and O–H groups in total. The summed E-state index contributed by atoms with van der Waals surface area (Å²) >= 11 is 0. The van der Waals surface area contributed by atoms with Crippen molar-refractivity contribution < 1.29 is 9.31 Å². The predicted molar refractivity (Wildman–Crippen MR) is 78.4 cm³/mol. The molecule has 0 aliphatic rings. The third kappa shape index (κ3) is 2.76. The number of aromatic nitrogens is 1. The molecule has 4 nitrogen and oxygen atoms in total. The Bertz CT molecular complexity index is 747. The first-order chi connectivity index (χ1) is 10.1. The fraction of sp³-hybridized carbons (Fsp3) is 0.125. The van der Waals surface area contributed by atoms with Gasteiger partial charge in [0.25, 0.3) is 0 Å². The fourth-order valence-electron chi connectivity index (χ4n) is 2.51. The van der Waals surface area contributed by atoms with Gasteiger partial charge in [0, 0.05) is 16.1 Å². The van der Waals surface area contributed by atoms with Crippen molar-refractivity contribution in [3.8, 4) is 0 Å². The summed E-state index contributed by atoms with van der Waals surface area (Å²) in [6.07, 6.45) is 0. The maximum atomic E-state index is 13.0. The average Bonchev–Trinajstić information content (AvgIpc) is 2.89. The second-order valence-electron chi connectivity index (χ2n) is 4.93. The first-order valence-corrected chi connectivity index (χ1v) is 6.58. The highest BCUT2D eigenvalue weighted by Crippen LogP contribution is 2.27. The quantitative estimate of drug-likeness (QED) is 0.586. The number of nitro groups is 1. The van der Waals surface area contributed by atoms with E-state index < -0.39 is 5.92 Å². The molecule has 0 saturated carbocycles. The Balaban J connectivity index is 2.05. The summed E-state index contributed by atoms with van der Waals surface area (Å²) in [6.45, 7) is -0.238. The van der Waals surface area contributed by atoms with E-state index >= 15 is 0 Å². The Hall–Kier alpha value is -2.69. The number of fused-ring (bicyclic) bond motifs is 1. The van der Waals surface area contributed by atoms with Crippen LogP contribution in [0, 0.1) is 15.9 Å². The van der Waals surface area contributed by atoms with Crippen molar-refractivity contribution in [1.29, 1.82) is 0 Å². The van der Waals surface area contributed by atoms with Crippen LogP contribution in [0.2, 0.25) is 0 Å². The summed E-state index contributed by atoms with van der Waals surface area (Å²) in [7, 11) is 0. The number of hydrogen-bond donors (Lipinski definition) is 1. The minimum atomic E-state index is -0.423. The zero-order valence-corrected chi connectivity index (χ0v) is 11.1. The third-order valence-electron chi connectivity index (χ3n) is 3.53. The van der Waals surface area contributed by atoms with E-state index in [1.165, 1.54) is 12.1 Å². The van der Waals surface area contributed by atoms with E-state index in [0.717, 1.165) is 22.2 Å². The number of benzene rings is 2. The lowest BCUT2D eigenvalue weighted by Crippen LogP contribution is -2.14. The molecule has 1 aromatic heterocycles. The largest absolute Gasteiger partial charge is 0.358 e. The Labute approximate surface area is 120 Å². The molecule has 3 rings (SSSR count). The Morgan fingerprint density at radius 3 is 2.52 bits per heavy atom. The molecule has 0 spiro atoms. The van der Waals surface area contributed by atoms with E-state index in [1.54, 1.807) is 12.1 Å². The van der Waals surface area contributed by atoms with Crippen LogP contribution in [0.1, 0.15) is 17.2 Å². The molecule has 0 radical (unpaired) electrons. The van der Waals surface area contributed by atoms with Crippen molar-refractivity contribution in [3.63, 3.8) is 0 Å². The average molecular weight is 284 g/mol. The molecule has 0 fully saturated rings. The van der Waals surface area contributed by atoms with Gasteiger partial charge in [0.05, 0.1) is 5.92 Å². The maximum absolute atomic E-state index is 13.0. The van der Waals surface area contributed by atoms with Gasteiger partial charge in [0.15, 0.2) is 0 Å². The number of rotatable bonds is 4. The molecule has 1 unspecified atom stereocenters. The van der Waals surface area contributed by atoms with Gasteiger partial charge in [-0.1, -0.05) is 30.3 Å². The Morgan fingerprint density at radius 2 is 1.86 bits per heavy atom. The summed E-state index contributed by atoms with van der Waals surface area (Å²) in [5.74, 6) is -0.775. The van der Waals surface area contributed by atoms with Gasteiger partial charge in [0.1, 0.15) is 5.82 Å². The van der Waals surface area contributed by atoms with Crippen LogP contribution in [0.5, 0.6) is 0 Å². The van der Waals surface area contributed by atoms with Crippen LogP contribution in [0.3, 0.4) is 0 Å². The molecule has 2 aromatic carbocycles. The van der Waals surface area contributed by atoms with Crippen molar-refractivity contribution in [2.45, 2.75) is 5.92 Å². The van der Waals surface area contributed by atoms with E-state index in [4.69, 9.17) is 0 Å². The lowest BCUT2D eigenvalue weighted by molar-refractivity contribution is -0.481. The van der Waals surface area contributed by atoms with Crippen LogP contribution < -0.4 is 0 Å². The molecular weight excluding hydrogens is 271 g/mol. The standard InChI is InChI=1S/C16H13FN2O2/c17-13-7-5-11(6-8-13)14(10-19(20)21)16-9-12-3-1-2-4-15(12)18-16/h1-9,14,18H,10H2. The van der Waals surface area contributed by atoms with Gasteiger partial charge in [-0.05, 0) is 35.2 Å². The number of hydrogen-bond acceptors (Lipinski definition) is 2. The highest BCUT2D eigenvalue weighted by molar-refractivity contribution is 5.80. The molecule has 0 aliphatic carbocycles. The maximum Gasteiger partial charge on any atom is 0.216 e. The number of halogens is 1. The molecule has 3 aromatic rings. The molecule has 0 aliphatic heterocycles. The van der Waals surface area contributed by atoms with Gasteiger partial charge >= 0.3 is 0 Å². The van der Waals surface area contributed by atoms with E-state index in [2.05, 4.69) is 4.98 Å². The lowest BCUT2D eigenvalue weighted by atomic mass is 9.96. The fourth-order valence-corrected chi connectivity index (χ4v) is 2.51. The molecular formula is C16H13FN2O2. The number of nitrogens with one attached hydrogen (secondary N) is 1. The number of nitrogens with zero attached hydrogens (tertiary/aromatic N) is 1. The molecule has 5 heteroatoms. The molecule has 0 amide bonds. The highest BCUT2D eigenvalue weighted by Gasteiger charge is 2.22. The summed E-state index contributed by atoms with van der Waals surface area (Å²) in [5.41, 5.74) is 2.42. The molecule has 0 saturated heterocycles. The van der Waals surface area contributed by atoms with Crippen LogP contribution in [0.4, 0.5) is 4.39 Å². The Kier molecular flexibility index (Phi) is 3.39. The first kappa shape index (κ1) is 13.3. The Morgan fingerprint density at radius 1 is 1.14 bits per heavy atom. The van der Waals surface area contributed by atoms with Crippen molar-refractivity contribution >= 4 is 10.9 Å². The van der Waals surface area contributed by atoms with Gasteiger partial charge in [-0.2, -0.15) is 0 Å². The van der Waals surface area contributed by atoms with Crippen LogP contribution >= 0.6 is 0 Å². The predicted octanol–water partition coefficient (Wildman–Crippen LogP) is 3.72. The molecule has 106 valence electrons. The van der Waals surface area contributed by atoms with Crippen molar-refractivity contribution in [2.75, 3.05) is 6.54 Å². The smallest absolute Gasteiger partial charge is 0.216 e. The van der Waals surface area contributed by atoms with Crippen molar-refractivity contribution in [3.05, 3.63) is 81.8 Å². The second kappa shape index (κ2) is 5.36. The normalized spacial score (nSPS) is 12.4. The monoisotopic (exact) mass is 284 g/mol. The zero-order valence-electron chi connectivity index (χ0n) is 11.1. The molecule has 0 bridgehead atoms. The van der Waals surface area contributed by atoms with Crippen LogP contribution in [0.25, 0.3) is 10.9 Å². The first-order valence-electron chi connectivity index (χ1n) is 6.58. The van der Waals surface area contributed by atoms with Crippen molar-refractivity contribution in [2.24, 2.45) is 0 Å². The number of aromatic amines is 1. The van der Waals surface area contributed by atoms with Crippen LogP contribution in [-0.2, 0) is 0 Å². The summed E-state index contributed by atoms with van der Waals surface area (Å²) in [4.78, 5) is 13.8. The van der Waals surface area contributed by atoms with E-state index in [-0.39, 0.29) is 17.3 Å². The van der Waals surface area contributed by atoms with Gasteiger partial charge in [-0.15, -0.1) is 0 Å². The topological polar surface area (TPSA) is 58.9 Å². The zero-order chi connectivity index (χ0) is 14.8. The summed E-state index contributed by atoms with van der Waals surface area (Å²) in [5, 5.41) is 12.0. The number of para-hydroxylation sites is 1. The highest BCUT2D eigenvalue weighted by atomic mass is 19.1. The lowest BCUT2D eigenvalue weighted by Gasteiger charge is -2.11. The van der Waals surface area contributed by atoms with Gasteiger partial charge in [-0.25, -0.2) is 4.39 Å². The minimum Gasteiger partial charge on any atom is -0.358 e. The summed E-state index contributed by atoms with van der Waals surface area (Å²) < 4.78 is 13.0. The molecule has 21 heavy (non-hydrogen) atoms. The van der Waals surface area contributed by atoms with Crippen LogP contribution in [0.15, 0.2) is 54.6 Å². The summed E-state index contributed by atoms with van der Waals surface area (Å²) in [6, 6.07) is 15.4. The van der Waals surface area contributed by atoms with Crippen molar-refractivity contribution in [1.82, 2.24) is 4.98 Å². The third-order valence-corrected chi connectivity index (χ3v) is 3.53. The minimum absolute atomic E-state index is 0.238. The second-order valence-corrected chi connectivity index (χ2v) is 4.93. The van der Waals surface area contributed by atoms with E-state index in [9.17, 15) is 14.5 Å². The molecule has 1 atom stereocenters. The molecule has 1 heterocycles. The van der Waals surface area contributed by atoms with Gasteiger partial charge < -0.3 is 4.98 Å². The van der Waals surface area contributed by atoms with E-state index in [1.807, 2.05) is 30.3 Å². The van der Waals surface area contributed by atoms with E-state index in [0.29, 0.717) is 0 Å². The SMILES string of the molecule is O=[N+]([O-])CC(c1ccc(F)cc1)c1cc2ccccc2[nH]1. The van der Waals surface area contributed by atoms with Gasteiger partial charge in [0.2, 0.25) is 6.54 Å². The number of H-pyrrole nitrogens is 1.